The van der Waals surface area contributed by atoms with Gasteiger partial charge in [0.2, 0.25) is 0 Å². The Kier molecular flexibility index (Phi) is 3.80. The summed E-state index contributed by atoms with van der Waals surface area (Å²) in [5, 5.41) is 12.8. The predicted octanol–water partition coefficient (Wildman–Crippen LogP) is 3.42. The first-order valence-corrected chi connectivity index (χ1v) is 6.09. The van der Waals surface area contributed by atoms with Gasteiger partial charge in [0, 0.05) is 5.69 Å². The summed E-state index contributed by atoms with van der Waals surface area (Å²) in [5.74, 6) is 0. The van der Waals surface area contributed by atoms with E-state index in [-0.39, 0.29) is 6.04 Å². The highest BCUT2D eigenvalue weighted by molar-refractivity contribution is 5.47. The van der Waals surface area contributed by atoms with Gasteiger partial charge in [0.25, 0.3) is 0 Å². The number of halogens is 3. The summed E-state index contributed by atoms with van der Waals surface area (Å²) < 4.78 is 37.6. The van der Waals surface area contributed by atoms with Gasteiger partial charge >= 0.3 is 6.18 Å². The lowest BCUT2D eigenvalue weighted by atomic mass is 9.92. The second kappa shape index (κ2) is 5.18. The van der Waals surface area contributed by atoms with Crippen LogP contribution in [0.25, 0.3) is 0 Å². The Balaban J connectivity index is 2.09. The van der Waals surface area contributed by atoms with Crippen molar-refractivity contribution in [2.45, 2.75) is 44.0 Å². The number of aliphatic hydroxyl groups excluding tert-OH is 1. The minimum absolute atomic E-state index is 0.151. The van der Waals surface area contributed by atoms with E-state index in [1.54, 1.807) is 6.07 Å². The van der Waals surface area contributed by atoms with E-state index in [1.807, 2.05) is 0 Å². The van der Waals surface area contributed by atoms with Crippen LogP contribution in [-0.2, 0) is 6.18 Å². The van der Waals surface area contributed by atoms with Crippen LogP contribution in [0.1, 0.15) is 31.2 Å². The standard InChI is InChI=1S/C13H16F3NO/c14-13(15,16)9-4-3-5-10(8-9)17-11-6-1-2-7-12(11)18/h3-5,8,11-12,17-18H,1-2,6-7H2/t11-,12-/m0/s1. The highest BCUT2D eigenvalue weighted by Crippen LogP contribution is 2.31. The molecule has 2 N–H and O–H groups in total. The molecule has 0 spiro atoms. The molecule has 0 saturated heterocycles. The van der Waals surface area contributed by atoms with Crippen LogP contribution in [0.4, 0.5) is 18.9 Å². The molecule has 2 nitrogen and oxygen atoms in total. The van der Waals surface area contributed by atoms with Crippen LogP contribution in [0.5, 0.6) is 0 Å². The van der Waals surface area contributed by atoms with Gasteiger partial charge in [0.05, 0.1) is 17.7 Å². The van der Waals surface area contributed by atoms with Crippen LogP contribution < -0.4 is 5.32 Å². The summed E-state index contributed by atoms with van der Waals surface area (Å²) in [6.45, 7) is 0. The maximum absolute atomic E-state index is 12.5. The molecule has 18 heavy (non-hydrogen) atoms. The van der Waals surface area contributed by atoms with E-state index in [9.17, 15) is 18.3 Å². The summed E-state index contributed by atoms with van der Waals surface area (Å²) in [6, 6.07) is 4.95. The molecule has 2 rings (SSSR count). The van der Waals surface area contributed by atoms with E-state index in [0.29, 0.717) is 12.1 Å². The largest absolute Gasteiger partial charge is 0.416 e. The van der Waals surface area contributed by atoms with Crippen molar-refractivity contribution in [2.75, 3.05) is 5.32 Å². The molecule has 1 saturated carbocycles. The van der Waals surface area contributed by atoms with Crippen molar-refractivity contribution in [3.8, 4) is 0 Å². The smallest absolute Gasteiger partial charge is 0.391 e. The van der Waals surface area contributed by atoms with E-state index in [2.05, 4.69) is 5.32 Å². The molecule has 1 aliphatic carbocycles. The third-order valence-corrected chi connectivity index (χ3v) is 3.27. The number of hydrogen-bond donors (Lipinski definition) is 2. The molecule has 1 aromatic carbocycles. The van der Waals surface area contributed by atoms with Crippen molar-refractivity contribution in [2.24, 2.45) is 0 Å². The van der Waals surface area contributed by atoms with E-state index in [0.717, 1.165) is 31.4 Å². The average molecular weight is 259 g/mol. The summed E-state index contributed by atoms with van der Waals surface area (Å²) in [4.78, 5) is 0. The SMILES string of the molecule is O[C@H]1CCCC[C@@H]1Nc1cccc(C(F)(F)F)c1. The number of alkyl halides is 3. The van der Waals surface area contributed by atoms with Crippen molar-refractivity contribution in [1.82, 2.24) is 0 Å². The molecule has 0 heterocycles. The maximum atomic E-state index is 12.5. The Morgan fingerprint density at radius 3 is 2.56 bits per heavy atom. The lowest BCUT2D eigenvalue weighted by Gasteiger charge is -2.29. The Morgan fingerprint density at radius 1 is 1.17 bits per heavy atom. The van der Waals surface area contributed by atoms with E-state index in [1.165, 1.54) is 6.07 Å². The first-order valence-electron chi connectivity index (χ1n) is 6.09. The van der Waals surface area contributed by atoms with Crippen LogP contribution in [-0.4, -0.2) is 17.3 Å². The third kappa shape index (κ3) is 3.16. The molecule has 0 bridgehead atoms. The van der Waals surface area contributed by atoms with Gasteiger partial charge in [0.15, 0.2) is 0 Å². The molecule has 0 aliphatic heterocycles. The minimum Gasteiger partial charge on any atom is -0.391 e. The number of anilines is 1. The third-order valence-electron chi connectivity index (χ3n) is 3.27. The van der Waals surface area contributed by atoms with Crippen molar-refractivity contribution >= 4 is 5.69 Å². The Bertz CT molecular complexity index is 405. The zero-order chi connectivity index (χ0) is 13.2. The second-order valence-electron chi connectivity index (χ2n) is 4.68. The lowest BCUT2D eigenvalue weighted by Crippen LogP contribution is -2.36. The van der Waals surface area contributed by atoms with Crippen LogP contribution in [0.2, 0.25) is 0 Å². The monoisotopic (exact) mass is 259 g/mol. The fourth-order valence-electron chi connectivity index (χ4n) is 2.28. The summed E-state index contributed by atoms with van der Waals surface area (Å²) >= 11 is 0. The molecular weight excluding hydrogens is 243 g/mol. The Morgan fingerprint density at radius 2 is 1.89 bits per heavy atom. The predicted molar refractivity (Wildman–Crippen MR) is 63.3 cm³/mol. The highest BCUT2D eigenvalue weighted by Gasteiger charge is 2.31. The first-order chi connectivity index (χ1) is 8.47. The Labute approximate surface area is 104 Å². The molecule has 0 amide bonds. The van der Waals surface area contributed by atoms with E-state index < -0.39 is 17.8 Å². The van der Waals surface area contributed by atoms with Gasteiger partial charge in [-0.3, -0.25) is 0 Å². The molecular formula is C13H16F3NO. The highest BCUT2D eigenvalue weighted by atomic mass is 19.4. The van der Waals surface area contributed by atoms with Crippen LogP contribution in [0.3, 0.4) is 0 Å². The molecule has 0 radical (unpaired) electrons. The quantitative estimate of drug-likeness (QED) is 0.853. The van der Waals surface area contributed by atoms with Gasteiger partial charge in [-0.05, 0) is 31.0 Å². The summed E-state index contributed by atoms with van der Waals surface area (Å²) in [7, 11) is 0. The first kappa shape index (κ1) is 13.2. The van der Waals surface area contributed by atoms with Gasteiger partial charge in [0.1, 0.15) is 0 Å². The molecule has 100 valence electrons. The van der Waals surface area contributed by atoms with Crippen LogP contribution >= 0.6 is 0 Å². The molecule has 1 fully saturated rings. The molecule has 0 unspecified atom stereocenters. The Hall–Kier alpha value is -1.23. The normalized spacial score (nSPS) is 24.9. The van der Waals surface area contributed by atoms with Crippen molar-refractivity contribution in [3.05, 3.63) is 29.8 Å². The fraction of sp³-hybridized carbons (Fsp3) is 0.538. The van der Waals surface area contributed by atoms with E-state index in [4.69, 9.17) is 0 Å². The van der Waals surface area contributed by atoms with Gasteiger partial charge in [-0.15, -0.1) is 0 Å². The maximum Gasteiger partial charge on any atom is 0.416 e. The lowest BCUT2D eigenvalue weighted by molar-refractivity contribution is -0.137. The number of nitrogens with one attached hydrogen (secondary N) is 1. The second-order valence-corrected chi connectivity index (χ2v) is 4.68. The zero-order valence-corrected chi connectivity index (χ0v) is 9.87. The number of aliphatic hydroxyl groups is 1. The van der Waals surface area contributed by atoms with Crippen molar-refractivity contribution < 1.29 is 18.3 Å². The van der Waals surface area contributed by atoms with Crippen LogP contribution in [0, 0.1) is 0 Å². The summed E-state index contributed by atoms with van der Waals surface area (Å²) in [5.41, 5.74) is -0.256. The number of rotatable bonds is 2. The van der Waals surface area contributed by atoms with Gasteiger partial charge in [-0.2, -0.15) is 13.2 Å². The topological polar surface area (TPSA) is 32.3 Å². The van der Waals surface area contributed by atoms with Crippen molar-refractivity contribution in [1.29, 1.82) is 0 Å². The van der Waals surface area contributed by atoms with Gasteiger partial charge in [-0.25, -0.2) is 0 Å². The molecule has 2 atom stereocenters. The van der Waals surface area contributed by atoms with Crippen LogP contribution in [0.15, 0.2) is 24.3 Å². The summed E-state index contributed by atoms with van der Waals surface area (Å²) in [6.07, 6.45) is -1.35. The minimum atomic E-state index is -4.33. The molecule has 1 aliphatic rings. The fourth-order valence-corrected chi connectivity index (χ4v) is 2.28. The molecule has 1 aromatic rings. The molecule has 0 aromatic heterocycles. The van der Waals surface area contributed by atoms with Crippen molar-refractivity contribution in [3.63, 3.8) is 0 Å². The van der Waals surface area contributed by atoms with E-state index >= 15 is 0 Å². The zero-order valence-electron chi connectivity index (χ0n) is 9.87. The number of benzene rings is 1. The average Bonchev–Trinajstić information content (AvgIpc) is 2.31. The number of hydrogen-bond acceptors (Lipinski definition) is 2. The molecule has 5 heteroatoms. The van der Waals surface area contributed by atoms with Gasteiger partial charge in [-0.1, -0.05) is 18.9 Å². The van der Waals surface area contributed by atoms with Gasteiger partial charge < -0.3 is 10.4 Å².